The van der Waals surface area contributed by atoms with Crippen molar-refractivity contribution in [1.82, 2.24) is 9.97 Å². The van der Waals surface area contributed by atoms with E-state index < -0.39 is 0 Å². The van der Waals surface area contributed by atoms with Gasteiger partial charge in [0.05, 0.1) is 5.69 Å². The predicted octanol–water partition coefficient (Wildman–Crippen LogP) is 3.00. The van der Waals surface area contributed by atoms with Gasteiger partial charge in [0.25, 0.3) is 0 Å². The maximum Gasteiger partial charge on any atom is 0.126 e. The molecule has 2 N–H and O–H groups in total. The minimum absolute atomic E-state index is 0.651. The Morgan fingerprint density at radius 1 is 1.12 bits per heavy atom. The molecule has 4 heteroatoms. The number of nitrogens with two attached hydrogens (primary N) is 1. The van der Waals surface area contributed by atoms with Crippen molar-refractivity contribution in [2.45, 2.75) is 13.8 Å². The fraction of sp³-hybridized carbons (Fsp3) is 0.167. The van der Waals surface area contributed by atoms with E-state index in [0.29, 0.717) is 10.7 Å². The molecule has 2 aromatic rings. The molecule has 2 rings (SSSR count). The Labute approximate surface area is 99.3 Å². The van der Waals surface area contributed by atoms with Crippen LogP contribution < -0.4 is 5.73 Å². The second-order valence-corrected chi connectivity index (χ2v) is 4.11. The maximum absolute atomic E-state index is 5.95. The number of rotatable bonds is 1. The highest BCUT2D eigenvalue weighted by Crippen LogP contribution is 2.27. The lowest BCUT2D eigenvalue weighted by Crippen LogP contribution is -1.96. The third-order valence-electron chi connectivity index (χ3n) is 2.26. The average Bonchev–Trinajstić information content (AvgIpc) is 2.20. The molecule has 0 radical (unpaired) electrons. The van der Waals surface area contributed by atoms with Crippen molar-refractivity contribution in [2.75, 3.05) is 5.73 Å². The number of aryl methyl sites for hydroxylation is 2. The smallest absolute Gasteiger partial charge is 0.126 e. The largest absolute Gasteiger partial charge is 0.398 e. The van der Waals surface area contributed by atoms with Crippen molar-refractivity contribution in [3.8, 4) is 11.3 Å². The summed E-state index contributed by atoms with van der Waals surface area (Å²) in [5, 5.41) is 0.651. The first-order chi connectivity index (χ1) is 7.56. The quantitative estimate of drug-likeness (QED) is 0.771. The third kappa shape index (κ3) is 2.14. The molecule has 1 aromatic carbocycles. The van der Waals surface area contributed by atoms with Crippen LogP contribution in [-0.2, 0) is 0 Å². The van der Waals surface area contributed by atoms with Crippen molar-refractivity contribution >= 4 is 17.3 Å². The van der Waals surface area contributed by atoms with Crippen LogP contribution in [-0.4, -0.2) is 9.97 Å². The van der Waals surface area contributed by atoms with E-state index in [1.807, 2.05) is 26.0 Å². The van der Waals surface area contributed by atoms with E-state index in [1.165, 1.54) is 0 Å². The van der Waals surface area contributed by atoms with Gasteiger partial charge in [0.15, 0.2) is 0 Å². The molecule has 0 aliphatic rings. The molecule has 0 saturated carbocycles. The normalized spacial score (nSPS) is 10.4. The summed E-state index contributed by atoms with van der Waals surface area (Å²) in [6, 6.07) is 7.26. The minimum atomic E-state index is 0.651. The highest BCUT2D eigenvalue weighted by atomic mass is 35.5. The van der Waals surface area contributed by atoms with Gasteiger partial charge in [0.1, 0.15) is 5.82 Å². The molecular weight excluding hydrogens is 222 g/mol. The summed E-state index contributed by atoms with van der Waals surface area (Å²) in [4.78, 5) is 8.58. The van der Waals surface area contributed by atoms with E-state index in [9.17, 15) is 0 Å². The van der Waals surface area contributed by atoms with Gasteiger partial charge in [-0.15, -0.1) is 0 Å². The molecule has 0 fully saturated rings. The zero-order valence-corrected chi connectivity index (χ0v) is 9.92. The Balaban J connectivity index is 2.62. The molecule has 0 aliphatic heterocycles. The minimum Gasteiger partial charge on any atom is -0.398 e. The Morgan fingerprint density at radius 2 is 1.88 bits per heavy atom. The number of nitrogens with zero attached hydrogens (tertiary/aromatic N) is 2. The van der Waals surface area contributed by atoms with Crippen LogP contribution in [0.3, 0.4) is 0 Å². The van der Waals surface area contributed by atoms with Gasteiger partial charge in [-0.1, -0.05) is 11.6 Å². The topological polar surface area (TPSA) is 51.8 Å². The van der Waals surface area contributed by atoms with Crippen LogP contribution in [0.2, 0.25) is 5.02 Å². The Hall–Kier alpha value is -1.61. The number of nitrogen functional groups attached to an aromatic ring is 1. The highest BCUT2D eigenvalue weighted by molar-refractivity contribution is 6.31. The highest BCUT2D eigenvalue weighted by Gasteiger charge is 2.06. The summed E-state index contributed by atoms with van der Waals surface area (Å²) in [5.74, 6) is 0.731. The fourth-order valence-electron chi connectivity index (χ4n) is 1.61. The van der Waals surface area contributed by atoms with Crippen molar-refractivity contribution in [1.29, 1.82) is 0 Å². The molecule has 3 nitrogen and oxygen atoms in total. The van der Waals surface area contributed by atoms with Crippen molar-refractivity contribution in [3.63, 3.8) is 0 Å². The molecule has 0 unspecified atom stereocenters. The molecule has 1 heterocycles. The number of halogens is 1. The van der Waals surface area contributed by atoms with Crippen molar-refractivity contribution in [3.05, 3.63) is 40.8 Å². The third-order valence-corrected chi connectivity index (χ3v) is 2.49. The van der Waals surface area contributed by atoms with Crippen LogP contribution >= 0.6 is 11.6 Å². The summed E-state index contributed by atoms with van der Waals surface area (Å²) >= 11 is 5.95. The standard InChI is InChI=1S/C12H12ClN3/c1-7-5-12(16-8(2)15-7)10-6-9(13)3-4-11(10)14/h3-6H,14H2,1-2H3. The molecule has 0 aliphatic carbocycles. The van der Waals surface area contributed by atoms with Gasteiger partial charge in [-0.2, -0.15) is 0 Å². The first-order valence-electron chi connectivity index (χ1n) is 4.94. The predicted molar refractivity (Wildman–Crippen MR) is 66.4 cm³/mol. The summed E-state index contributed by atoms with van der Waals surface area (Å²) < 4.78 is 0. The van der Waals surface area contributed by atoms with Crippen LogP contribution in [0.4, 0.5) is 5.69 Å². The molecule has 0 amide bonds. The lowest BCUT2D eigenvalue weighted by atomic mass is 10.1. The van der Waals surface area contributed by atoms with Crippen molar-refractivity contribution < 1.29 is 0 Å². The van der Waals surface area contributed by atoms with Gasteiger partial charge in [-0.05, 0) is 38.1 Å². The molecule has 0 atom stereocenters. The SMILES string of the molecule is Cc1cc(-c2cc(Cl)ccc2N)nc(C)n1. The monoisotopic (exact) mass is 233 g/mol. The van der Waals surface area contributed by atoms with E-state index >= 15 is 0 Å². The van der Waals surface area contributed by atoms with E-state index in [0.717, 1.165) is 22.8 Å². The zero-order chi connectivity index (χ0) is 11.7. The number of aromatic nitrogens is 2. The maximum atomic E-state index is 5.95. The van der Waals surface area contributed by atoms with Gasteiger partial charge in [0.2, 0.25) is 0 Å². The van der Waals surface area contributed by atoms with Gasteiger partial charge >= 0.3 is 0 Å². The van der Waals surface area contributed by atoms with Gasteiger partial charge < -0.3 is 5.73 Å². The number of anilines is 1. The number of benzene rings is 1. The van der Waals surface area contributed by atoms with Gasteiger partial charge in [-0.3, -0.25) is 0 Å². The first-order valence-corrected chi connectivity index (χ1v) is 5.32. The summed E-state index contributed by atoms with van der Waals surface area (Å²) in [6.45, 7) is 3.79. The summed E-state index contributed by atoms with van der Waals surface area (Å²) in [5.41, 5.74) is 9.15. The molecule has 16 heavy (non-hydrogen) atoms. The van der Waals surface area contributed by atoms with Crippen LogP contribution in [0.5, 0.6) is 0 Å². The molecule has 0 spiro atoms. The lowest BCUT2D eigenvalue weighted by molar-refractivity contribution is 1.02. The number of hydrogen-bond donors (Lipinski definition) is 1. The van der Waals surface area contributed by atoms with Gasteiger partial charge in [0, 0.05) is 22.0 Å². The van der Waals surface area contributed by atoms with Gasteiger partial charge in [-0.25, -0.2) is 9.97 Å². The molecule has 82 valence electrons. The molecule has 0 saturated heterocycles. The van der Waals surface area contributed by atoms with Crippen LogP contribution in [0, 0.1) is 13.8 Å². The van der Waals surface area contributed by atoms with Crippen LogP contribution in [0.25, 0.3) is 11.3 Å². The van der Waals surface area contributed by atoms with Crippen LogP contribution in [0.1, 0.15) is 11.5 Å². The number of hydrogen-bond acceptors (Lipinski definition) is 3. The molecular formula is C12H12ClN3. The second kappa shape index (κ2) is 4.10. The first kappa shape index (κ1) is 10.9. The molecule has 1 aromatic heterocycles. The van der Waals surface area contributed by atoms with E-state index in [1.54, 1.807) is 12.1 Å². The fourth-order valence-corrected chi connectivity index (χ4v) is 1.78. The van der Waals surface area contributed by atoms with Crippen LogP contribution in [0.15, 0.2) is 24.3 Å². The average molecular weight is 234 g/mol. The van der Waals surface area contributed by atoms with E-state index in [-0.39, 0.29) is 0 Å². The lowest BCUT2D eigenvalue weighted by Gasteiger charge is -2.07. The Bertz CT molecular complexity index is 518. The summed E-state index contributed by atoms with van der Waals surface area (Å²) in [7, 11) is 0. The van der Waals surface area contributed by atoms with E-state index in [4.69, 9.17) is 17.3 Å². The van der Waals surface area contributed by atoms with E-state index in [2.05, 4.69) is 9.97 Å². The molecule has 0 bridgehead atoms. The second-order valence-electron chi connectivity index (χ2n) is 3.67. The van der Waals surface area contributed by atoms with Crippen molar-refractivity contribution in [2.24, 2.45) is 0 Å². The Kier molecular flexibility index (Phi) is 2.79. The zero-order valence-electron chi connectivity index (χ0n) is 9.16. The summed E-state index contributed by atoms with van der Waals surface area (Å²) in [6.07, 6.45) is 0. The Morgan fingerprint density at radius 3 is 2.56 bits per heavy atom.